The average molecular weight is 326 g/mol. The molecule has 0 bridgehead atoms. The van der Waals surface area contributed by atoms with Gasteiger partial charge in [-0.2, -0.15) is 0 Å². The van der Waals surface area contributed by atoms with Crippen molar-refractivity contribution in [3.63, 3.8) is 0 Å². The molecule has 1 amide bonds. The first-order valence-corrected chi connectivity index (χ1v) is 8.01. The standard InChI is InChI=1S/C18H22N4O2/c1-21(2)15-7-5-14(6-8-15)20-18(23)16-4-3-9-19-17(16)22-10-12-24-13-11-22/h3-9H,10-13H2,1-2H3,(H,20,23). The molecular formula is C18H22N4O2. The predicted molar refractivity (Wildman–Crippen MR) is 96.0 cm³/mol. The zero-order valence-corrected chi connectivity index (χ0v) is 14.0. The lowest BCUT2D eigenvalue weighted by Gasteiger charge is -2.29. The molecular weight excluding hydrogens is 304 g/mol. The Hall–Kier alpha value is -2.60. The molecule has 3 rings (SSSR count). The number of morpholine rings is 1. The fourth-order valence-electron chi connectivity index (χ4n) is 2.64. The number of hydrogen-bond donors (Lipinski definition) is 1. The summed E-state index contributed by atoms with van der Waals surface area (Å²) in [5.41, 5.74) is 2.43. The van der Waals surface area contributed by atoms with E-state index in [4.69, 9.17) is 4.74 Å². The molecule has 0 radical (unpaired) electrons. The topological polar surface area (TPSA) is 57.7 Å². The maximum atomic E-state index is 12.7. The van der Waals surface area contributed by atoms with Gasteiger partial charge in [0, 0.05) is 44.8 Å². The van der Waals surface area contributed by atoms with Crippen LogP contribution in [0.4, 0.5) is 17.2 Å². The van der Waals surface area contributed by atoms with Crippen LogP contribution in [0.25, 0.3) is 0 Å². The Morgan fingerprint density at radius 3 is 2.54 bits per heavy atom. The first-order chi connectivity index (χ1) is 11.6. The molecule has 126 valence electrons. The average Bonchev–Trinajstić information content (AvgIpc) is 2.63. The van der Waals surface area contributed by atoms with Crippen LogP contribution in [0.15, 0.2) is 42.6 Å². The van der Waals surface area contributed by atoms with E-state index in [1.165, 1.54) is 0 Å². The number of carbonyl (C=O) groups excluding carboxylic acids is 1. The first-order valence-electron chi connectivity index (χ1n) is 8.01. The minimum atomic E-state index is -0.151. The van der Waals surface area contributed by atoms with Crippen molar-refractivity contribution in [2.45, 2.75) is 0 Å². The maximum Gasteiger partial charge on any atom is 0.259 e. The van der Waals surface area contributed by atoms with Gasteiger partial charge in [-0.25, -0.2) is 4.98 Å². The van der Waals surface area contributed by atoms with Gasteiger partial charge in [0.2, 0.25) is 0 Å². The number of anilines is 3. The summed E-state index contributed by atoms with van der Waals surface area (Å²) in [5.74, 6) is 0.561. The molecule has 2 heterocycles. The number of carbonyl (C=O) groups is 1. The quantitative estimate of drug-likeness (QED) is 0.934. The maximum absolute atomic E-state index is 12.7. The molecule has 1 aromatic heterocycles. The summed E-state index contributed by atoms with van der Waals surface area (Å²) in [6.45, 7) is 2.80. The molecule has 1 aliphatic rings. The Balaban J connectivity index is 1.77. The summed E-state index contributed by atoms with van der Waals surface area (Å²) in [7, 11) is 3.97. The Labute approximate surface area is 142 Å². The molecule has 2 aromatic rings. The van der Waals surface area contributed by atoms with Crippen LogP contribution in [0.5, 0.6) is 0 Å². The summed E-state index contributed by atoms with van der Waals surface area (Å²) in [6.07, 6.45) is 1.72. The number of benzene rings is 1. The second kappa shape index (κ2) is 7.31. The monoisotopic (exact) mass is 326 g/mol. The van der Waals surface area contributed by atoms with Gasteiger partial charge in [-0.1, -0.05) is 0 Å². The number of nitrogens with one attached hydrogen (secondary N) is 1. The smallest absolute Gasteiger partial charge is 0.259 e. The van der Waals surface area contributed by atoms with Crippen LogP contribution in [0.1, 0.15) is 10.4 Å². The third-order valence-electron chi connectivity index (χ3n) is 3.98. The third-order valence-corrected chi connectivity index (χ3v) is 3.98. The largest absolute Gasteiger partial charge is 0.378 e. The van der Waals surface area contributed by atoms with Crippen LogP contribution < -0.4 is 15.1 Å². The van der Waals surface area contributed by atoms with Gasteiger partial charge in [-0.15, -0.1) is 0 Å². The van der Waals surface area contributed by atoms with E-state index in [1.54, 1.807) is 18.3 Å². The van der Waals surface area contributed by atoms with E-state index in [0.717, 1.165) is 24.5 Å². The van der Waals surface area contributed by atoms with E-state index in [9.17, 15) is 4.79 Å². The van der Waals surface area contributed by atoms with E-state index in [2.05, 4.69) is 15.2 Å². The van der Waals surface area contributed by atoms with Gasteiger partial charge in [0.15, 0.2) is 0 Å². The summed E-state index contributed by atoms with van der Waals surface area (Å²) in [4.78, 5) is 21.2. The van der Waals surface area contributed by atoms with Gasteiger partial charge >= 0.3 is 0 Å². The van der Waals surface area contributed by atoms with Crippen molar-refractivity contribution in [2.24, 2.45) is 0 Å². The van der Waals surface area contributed by atoms with Gasteiger partial charge in [-0.05, 0) is 36.4 Å². The number of aromatic nitrogens is 1. The van der Waals surface area contributed by atoms with Crippen molar-refractivity contribution in [1.29, 1.82) is 0 Å². The molecule has 6 heteroatoms. The second-order valence-corrected chi connectivity index (χ2v) is 5.87. The number of ether oxygens (including phenoxy) is 1. The van der Waals surface area contributed by atoms with E-state index < -0.39 is 0 Å². The number of rotatable bonds is 4. The minimum absolute atomic E-state index is 0.151. The highest BCUT2D eigenvalue weighted by Gasteiger charge is 2.19. The van der Waals surface area contributed by atoms with Crippen LogP contribution >= 0.6 is 0 Å². The fraction of sp³-hybridized carbons (Fsp3) is 0.333. The Morgan fingerprint density at radius 1 is 1.17 bits per heavy atom. The van der Waals surface area contributed by atoms with Gasteiger partial charge < -0.3 is 19.9 Å². The molecule has 0 unspecified atom stereocenters. The zero-order valence-electron chi connectivity index (χ0n) is 14.0. The highest BCUT2D eigenvalue weighted by atomic mass is 16.5. The molecule has 0 aliphatic carbocycles. The van der Waals surface area contributed by atoms with E-state index in [1.807, 2.05) is 43.3 Å². The zero-order chi connectivity index (χ0) is 16.9. The molecule has 0 atom stereocenters. The second-order valence-electron chi connectivity index (χ2n) is 5.87. The van der Waals surface area contributed by atoms with Crippen molar-refractivity contribution < 1.29 is 9.53 Å². The lowest BCUT2D eigenvalue weighted by atomic mass is 10.2. The SMILES string of the molecule is CN(C)c1ccc(NC(=O)c2cccnc2N2CCOCC2)cc1. The first kappa shape index (κ1) is 16.3. The molecule has 0 saturated carbocycles. The predicted octanol–water partition coefficient (Wildman–Crippen LogP) is 2.24. The number of amides is 1. The number of nitrogens with zero attached hydrogens (tertiary/aromatic N) is 3. The number of hydrogen-bond acceptors (Lipinski definition) is 5. The normalized spacial score (nSPS) is 14.3. The van der Waals surface area contributed by atoms with Crippen molar-refractivity contribution in [2.75, 3.05) is 55.5 Å². The van der Waals surface area contributed by atoms with Crippen molar-refractivity contribution in [3.8, 4) is 0 Å². The summed E-state index contributed by atoms with van der Waals surface area (Å²) in [6, 6.07) is 11.3. The van der Waals surface area contributed by atoms with Crippen LogP contribution in [0.3, 0.4) is 0 Å². The Bertz CT molecular complexity index is 694. The molecule has 0 spiro atoms. The van der Waals surface area contributed by atoms with E-state index in [-0.39, 0.29) is 5.91 Å². The fourth-order valence-corrected chi connectivity index (χ4v) is 2.64. The van der Waals surface area contributed by atoms with Crippen LogP contribution in [-0.2, 0) is 4.74 Å². The molecule has 1 aliphatic heterocycles. The molecule has 6 nitrogen and oxygen atoms in total. The number of pyridine rings is 1. The van der Waals surface area contributed by atoms with Crippen LogP contribution in [-0.4, -0.2) is 51.3 Å². The Morgan fingerprint density at radius 2 is 1.88 bits per heavy atom. The molecule has 1 aromatic carbocycles. The molecule has 24 heavy (non-hydrogen) atoms. The Kier molecular flexibility index (Phi) is 4.96. The van der Waals surface area contributed by atoms with Gasteiger partial charge in [-0.3, -0.25) is 4.79 Å². The van der Waals surface area contributed by atoms with Crippen LogP contribution in [0.2, 0.25) is 0 Å². The summed E-state index contributed by atoms with van der Waals surface area (Å²) in [5, 5.41) is 2.95. The van der Waals surface area contributed by atoms with Crippen molar-refractivity contribution in [3.05, 3.63) is 48.2 Å². The van der Waals surface area contributed by atoms with Gasteiger partial charge in [0.1, 0.15) is 5.82 Å². The lowest BCUT2D eigenvalue weighted by Crippen LogP contribution is -2.38. The van der Waals surface area contributed by atoms with E-state index in [0.29, 0.717) is 24.6 Å². The highest BCUT2D eigenvalue weighted by Crippen LogP contribution is 2.21. The summed E-state index contributed by atoms with van der Waals surface area (Å²) >= 11 is 0. The third kappa shape index (κ3) is 3.65. The van der Waals surface area contributed by atoms with Crippen molar-refractivity contribution in [1.82, 2.24) is 4.98 Å². The molecule has 1 saturated heterocycles. The summed E-state index contributed by atoms with van der Waals surface area (Å²) < 4.78 is 5.37. The van der Waals surface area contributed by atoms with Crippen LogP contribution in [0, 0.1) is 0 Å². The van der Waals surface area contributed by atoms with Gasteiger partial charge in [0.25, 0.3) is 5.91 Å². The lowest BCUT2D eigenvalue weighted by molar-refractivity contribution is 0.102. The van der Waals surface area contributed by atoms with Crippen molar-refractivity contribution >= 4 is 23.1 Å². The van der Waals surface area contributed by atoms with E-state index >= 15 is 0 Å². The minimum Gasteiger partial charge on any atom is -0.378 e. The van der Waals surface area contributed by atoms with Gasteiger partial charge in [0.05, 0.1) is 18.8 Å². The highest BCUT2D eigenvalue weighted by molar-refractivity contribution is 6.07. The molecule has 1 fully saturated rings. The molecule has 1 N–H and O–H groups in total.